The van der Waals surface area contributed by atoms with E-state index in [-0.39, 0.29) is 42.9 Å². The minimum absolute atomic E-state index is 0.0763. The van der Waals surface area contributed by atoms with E-state index in [1.807, 2.05) is 0 Å². The molecular weight excluding hydrogens is 597 g/mol. The highest BCUT2D eigenvalue weighted by molar-refractivity contribution is 7.46. The number of quaternary nitrogens is 1. The molecule has 0 bridgehead atoms. The van der Waals surface area contributed by atoms with Crippen LogP contribution in [0.15, 0.2) is 52.5 Å². The number of allylic oxidation sites excluding steroid dienone is 2. The maximum atomic E-state index is 12.5. The van der Waals surface area contributed by atoms with E-state index < -0.39 is 62.2 Å². The number of carbonyl (C=O) groups excluding carboxylic acids is 2. The number of aromatic nitrogens is 4. The molecule has 1 aliphatic rings. The van der Waals surface area contributed by atoms with Gasteiger partial charge in [0, 0.05) is 20.5 Å². The van der Waals surface area contributed by atoms with Crippen molar-refractivity contribution in [1.29, 1.82) is 0 Å². The molecule has 3 heterocycles. The molecule has 0 aliphatic carbocycles. The molecule has 1 saturated heterocycles. The first kappa shape index (κ1) is 33.8. The monoisotopic (exact) mass is 630 g/mol. The number of aliphatic hydroxyl groups is 2. The summed E-state index contributed by atoms with van der Waals surface area (Å²) in [6.45, 7) is 2.44. The Bertz CT molecular complexity index is 1570. The standard InChI is InChI=1S/C24H32N5O13P/c1-4-14(7-5-8-25-21-19(32)18(31)15(42-21)12-41-43(36,37)38)23(34)40-10-6-9-39-16(30)11-29-13-26-20-17(29)22(33)28(3)24(35)27(20)2/h4-5,7-8,13,15,18-19,21,25,31-32H,1,6,9-12H2,2-3H3,(H2,36,37,38)/p+1/b8-5-,14-7+/t15-,18-,19-,21-/m1/s1. The van der Waals surface area contributed by atoms with Crippen LogP contribution in [0.1, 0.15) is 6.42 Å². The summed E-state index contributed by atoms with van der Waals surface area (Å²) in [5.41, 5.74) is -0.850. The van der Waals surface area contributed by atoms with Crippen molar-refractivity contribution >= 4 is 30.9 Å². The highest BCUT2D eigenvalue weighted by Crippen LogP contribution is 2.36. The van der Waals surface area contributed by atoms with Crippen LogP contribution in [0.25, 0.3) is 11.2 Å². The van der Waals surface area contributed by atoms with Gasteiger partial charge < -0.3 is 38.8 Å². The van der Waals surface area contributed by atoms with Crippen molar-refractivity contribution in [3.05, 3.63) is 63.7 Å². The van der Waals surface area contributed by atoms with Gasteiger partial charge >= 0.3 is 25.5 Å². The normalized spacial score (nSPS) is 21.0. The Morgan fingerprint density at radius 3 is 2.53 bits per heavy atom. The molecular formula is C24H33N5O13P+. The van der Waals surface area contributed by atoms with Gasteiger partial charge in [0.05, 0.1) is 37.9 Å². The van der Waals surface area contributed by atoms with E-state index in [1.165, 1.54) is 59.3 Å². The van der Waals surface area contributed by atoms with E-state index in [2.05, 4.69) is 16.1 Å². The van der Waals surface area contributed by atoms with Gasteiger partial charge in [0.15, 0.2) is 17.3 Å². The van der Waals surface area contributed by atoms with Gasteiger partial charge in [-0.3, -0.25) is 28.6 Å². The lowest BCUT2D eigenvalue weighted by Gasteiger charge is -2.13. The zero-order chi connectivity index (χ0) is 31.9. The van der Waals surface area contributed by atoms with E-state index in [0.717, 1.165) is 4.57 Å². The number of fused-ring (bicyclic) bond motifs is 1. The Hall–Kier alpha value is -3.74. The summed E-state index contributed by atoms with van der Waals surface area (Å²) >= 11 is 0. The van der Waals surface area contributed by atoms with Gasteiger partial charge in [0.25, 0.3) is 5.56 Å². The summed E-state index contributed by atoms with van der Waals surface area (Å²) in [4.78, 5) is 70.6. The number of phosphoric acid groups is 1. The van der Waals surface area contributed by atoms with Gasteiger partial charge in [-0.15, -0.1) is 0 Å². The molecule has 236 valence electrons. The summed E-state index contributed by atoms with van der Waals surface area (Å²) in [7, 11) is -2.00. The van der Waals surface area contributed by atoms with E-state index in [9.17, 15) is 34.0 Å². The molecule has 2 aromatic rings. The van der Waals surface area contributed by atoms with Gasteiger partial charge in [0.2, 0.25) is 6.23 Å². The Labute approximate surface area is 243 Å². The molecule has 19 heteroatoms. The summed E-state index contributed by atoms with van der Waals surface area (Å²) in [6, 6.07) is 0. The fraction of sp³-hybridized carbons (Fsp3) is 0.458. The van der Waals surface area contributed by atoms with Crippen LogP contribution < -0.4 is 16.6 Å². The molecule has 43 heavy (non-hydrogen) atoms. The highest BCUT2D eigenvalue weighted by atomic mass is 31.2. The first-order valence-electron chi connectivity index (χ1n) is 12.7. The third kappa shape index (κ3) is 8.65. The molecule has 3 rings (SSSR count). The minimum atomic E-state index is -4.78. The number of ether oxygens (including phenoxy) is 3. The first-order chi connectivity index (χ1) is 20.2. The number of rotatable bonds is 14. The second kappa shape index (κ2) is 14.6. The Balaban J connectivity index is 1.41. The van der Waals surface area contributed by atoms with Crippen molar-refractivity contribution in [2.24, 2.45) is 14.1 Å². The molecule has 2 aromatic heterocycles. The average Bonchev–Trinajstić information content (AvgIpc) is 3.49. The molecule has 0 radical (unpaired) electrons. The number of aryl methyl sites for hydroxylation is 1. The topological polar surface area (TPSA) is 247 Å². The number of imidazole rings is 1. The van der Waals surface area contributed by atoms with Crippen molar-refractivity contribution in [3.63, 3.8) is 0 Å². The van der Waals surface area contributed by atoms with E-state index in [0.29, 0.717) is 0 Å². The predicted molar refractivity (Wildman–Crippen MR) is 145 cm³/mol. The predicted octanol–water partition coefficient (Wildman–Crippen LogP) is -3.34. The quantitative estimate of drug-likeness (QED) is 0.0450. The fourth-order valence-corrected chi connectivity index (χ4v) is 4.33. The SMILES string of the molecule is C=C/C(=C\C=C/[NH2+][C@@H]1O[C@H](COP(=O)(O)O)[C@@H](O)[C@H]1O)C(=O)OCCCOC(=O)Cn1cnc2c1c(=O)n(C)c(=O)n2C. The number of hydrogen-bond donors (Lipinski definition) is 5. The fourth-order valence-electron chi connectivity index (χ4n) is 3.99. The number of nitrogens with two attached hydrogens (primary N) is 1. The number of hydrogen-bond acceptors (Lipinski definition) is 12. The Kier molecular flexibility index (Phi) is 11.5. The van der Waals surface area contributed by atoms with Crippen LogP contribution in [-0.4, -0.2) is 95.0 Å². The maximum Gasteiger partial charge on any atom is 0.469 e. The van der Waals surface area contributed by atoms with Crippen LogP contribution in [-0.2, 0) is 53.5 Å². The minimum Gasteiger partial charge on any atom is -0.464 e. The lowest BCUT2D eigenvalue weighted by atomic mass is 10.1. The summed E-state index contributed by atoms with van der Waals surface area (Å²) < 4.78 is 34.1. The van der Waals surface area contributed by atoms with Crippen LogP contribution in [0.4, 0.5) is 0 Å². The van der Waals surface area contributed by atoms with Gasteiger partial charge in [-0.05, 0) is 12.2 Å². The van der Waals surface area contributed by atoms with E-state index in [1.54, 1.807) is 0 Å². The largest absolute Gasteiger partial charge is 0.469 e. The average molecular weight is 631 g/mol. The van der Waals surface area contributed by atoms with Gasteiger partial charge in [-0.25, -0.2) is 19.1 Å². The number of esters is 2. The lowest BCUT2D eigenvalue weighted by Crippen LogP contribution is -2.87. The molecule has 0 spiro atoms. The molecule has 0 saturated carbocycles. The van der Waals surface area contributed by atoms with Crippen LogP contribution in [0, 0.1) is 0 Å². The number of carbonyl (C=O) groups is 2. The maximum absolute atomic E-state index is 12.5. The third-order valence-electron chi connectivity index (χ3n) is 6.25. The van der Waals surface area contributed by atoms with Crippen molar-refractivity contribution in [2.75, 3.05) is 19.8 Å². The number of nitrogens with zero attached hydrogens (tertiary/aromatic N) is 4. The van der Waals surface area contributed by atoms with Crippen LogP contribution >= 0.6 is 7.82 Å². The van der Waals surface area contributed by atoms with Gasteiger partial charge in [-0.2, -0.15) is 0 Å². The third-order valence-corrected chi connectivity index (χ3v) is 6.74. The Morgan fingerprint density at radius 1 is 1.16 bits per heavy atom. The molecule has 1 fully saturated rings. The zero-order valence-electron chi connectivity index (χ0n) is 23.2. The second-order valence-electron chi connectivity index (χ2n) is 9.27. The second-order valence-corrected chi connectivity index (χ2v) is 10.5. The number of aliphatic hydroxyl groups excluding tert-OH is 2. The van der Waals surface area contributed by atoms with Gasteiger partial charge in [0.1, 0.15) is 18.8 Å². The highest BCUT2D eigenvalue weighted by Gasteiger charge is 2.45. The van der Waals surface area contributed by atoms with Crippen LogP contribution in [0.3, 0.4) is 0 Å². The molecule has 0 aromatic carbocycles. The van der Waals surface area contributed by atoms with Crippen LogP contribution in [0.5, 0.6) is 0 Å². The Morgan fingerprint density at radius 2 is 1.86 bits per heavy atom. The van der Waals surface area contributed by atoms with Gasteiger partial charge in [-0.1, -0.05) is 12.7 Å². The van der Waals surface area contributed by atoms with Crippen molar-refractivity contribution < 1.29 is 58.2 Å². The zero-order valence-corrected chi connectivity index (χ0v) is 24.1. The van der Waals surface area contributed by atoms with E-state index >= 15 is 0 Å². The summed E-state index contributed by atoms with van der Waals surface area (Å²) in [5.74, 6) is -1.38. The van der Waals surface area contributed by atoms with Crippen molar-refractivity contribution in [3.8, 4) is 0 Å². The number of phosphoric ester groups is 1. The molecule has 0 unspecified atom stereocenters. The van der Waals surface area contributed by atoms with Crippen LogP contribution in [0.2, 0.25) is 0 Å². The first-order valence-corrected chi connectivity index (χ1v) is 14.3. The van der Waals surface area contributed by atoms with Crippen molar-refractivity contribution in [1.82, 2.24) is 18.7 Å². The summed E-state index contributed by atoms with van der Waals surface area (Å²) in [5, 5.41) is 21.4. The molecule has 4 atom stereocenters. The molecule has 6 N–H and O–H groups in total. The van der Waals surface area contributed by atoms with E-state index in [4.69, 9.17) is 24.0 Å². The molecule has 1 aliphatic heterocycles. The lowest BCUT2D eigenvalue weighted by molar-refractivity contribution is -0.674. The van der Waals surface area contributed by atoms with Crippen molar-refractivity contribution in [2.45, 2.75) is 37.5 Å². The molecule has 18 nitrogen and oxygen atoms in total. The molecule has 0 amide bonds. The smallest absolute Gasteiger partial charge is 0.464 e. The summed E-state index contributed by atoms with van der Waals surface area (Å²) in [6.07, 6.45) is 1.92.